The van der Waals surface area contributed by atoms with Gasteiger partial charge < -0.3 is 16.0 Å². The molecule has 3 N–H and O–H groups in total. The van der Waals surface area contributed by atoms with Gasteiger partial charge in [-0.25, -0.2) is 18.7 Å². The molecule has 1 saturated carbocycles. The van der Waals surface area contributed by atoms with Crippen LogP contribution in [0.2, 0.25) is 0 Å². The Bertz CT molecular complexity index is 667. The highest BCUT2D eigenvalue weighted by atomic mass is 19.3. The molecule has 1 aromatic heterocycles. The average Bonchev–Trinajstić information content (AvgIpc) is 3.00. The van der Waals surface area contributed by atoms with Crippen LogP contribution in [0.25, 0.3) is 0 Å². The number of alkyl halides is 2. The Morgan fingerprint density at radius 2 is 2.04 bits per heavy atom. The summed E-state index contributed by atoms with van der Waals surface area (Å²) >= 11 is 0. The van der Waals surface area contributed by atoms with E-state index in [1.54, 1.807) is 6.92 Å². The van der Waals surface area contributed by atoms with Gasteiger partial charge in [-0.1, -0.05) is 6.42 Å². The van der Waals surface area contributed by atoms with E-state index in [1.165, 1.54) is 0 Å². The zero-order chi connectivity index (χ0) is 18.2. The molecule has 0 spiro atoms. The van der Waals surface area contributed by atoms with Crippen molar-refractivity contribution in [2.45, 2.75) is 64.0 Å². The summed E-state index contributed by atoms with van der Waals surface area (Å²) in [4.78, 5) is 21.8. The second-order valence-corrected chi connectivity index (χ2v) is 7.10. The molecule has 2 heterocycles. The van der Waals surface area contributed by atoms with E-state index >= 15 is 0 Å². The van der Waals surface area contributed by atoms with Gasteiger partial charge >= 0.3 is 0 Å². The van der Waals surface area contributed by atoms with Gasteiger partial charge in [-0.15, -0.1) is 0 Å². The maximum atomic E-state index is 14.1. The number of nitrogens with zero attached hydrogens (tertiary/aromatic N) is 3. The minimum Gasteiger partial charge on any atom is -0.363 e. The molecular formula is C17H25F2N5O. The van der Waals surface area contributed by atoms with Gasteiger partial charge in [-0.2, -0.15) is 0 Å². The Morgan fingerprint density at radius 1 is 1.28 bits per heavy atom. The molecule has 0 bridgehead atoms. The fourth-order valence-electron chi connectivity index (χ4n) is 3.70. The summed E-state index contributed by atoms with van der Waals surface area (Å²) in [5.41, 5.74) is 6.89. The van der Waals surface area contributed by atoms with Gasteiger partial charge in [-0.3, -0.25) is 4.79 Å². The van der Waals surface area contributed by atoms with Crippen molar-refractivity contribution in [1.82, 2.24) is 15.3 Å². The molecule has 1 unspecified atom stereocenters. The predicted octanol–water partition coefficient (Wildman–Crippen LogP) is 1.94. The van der Waals surface area contributed by atoms with Crippen LogP contribution in [0.3, 0.4) is 0 Å². The van der Waals surface area contributed by atoms with Crippen molar-refractivity contribution in [1.29, 1.82) is 0 Å². The first-order valence-corrected chi connectivity index (χ1v) is 8.82. The summed E-state index contributed by atoms with van der Waals surface area (Å²) in [6, 6.07) is -0.763. The standard InChI is InChI=1S/C17H25F2N5O/c1-10-11(2)21-15(14(20)25)23-16(10)24-8-6-12(9-24)22-13-5-3-4-7-17(13,18)19/h12-13,22H,3-9H2,1-2H3,(H2,20,25)/t12-,13?/m1/s1. The van der Waals surface area contributed by atoms with E-state index < -0.39 is 17.9 Å². The molecule has 2 aliphatic rings. The van der Waals surface area contributed by atoms with Crippen molar-refractivity contribution in [3.05, 3.63) is 17.1 Å². The van der Waals surface area contributed by atoms with E-state index in [0.717, 1.165) is 18.4 Å². The molecule has 3 rings (SSSR count). The lowest BCUT2D eigenvalue weighted by Gasteiger charge is -2.34. The normalized spacial score (nSPS) is 26.0. The summed E-state index contributed by atoms with van der Waals surface area (Å²) in [6.45, 7) is 4.99. The van der Waals surface area contributed by atoms with Crippen LogP contribution in [0.1, 0.15) is 54.0 Å². The Kier molecular flexibility index (Phi) is 4.90. The zero-order valence-corrected chi connectivity index (χ0v) is 14.7. The Balaban J connectivity index is 1.72. The summed E-state index contributed by atoms with van der Waals surface area (Å²) in [5.74, 6) is -2.64. The Labute approximate surface area is 146 Å². The summed E-state index contributed by atoms with van der Waals surface area (Å²) in [5, 5.41) is 3.15. The second kappa shape index (κ2) is 6.82. The number of aryl methyl sites for hydroxylation is 1. The molecular weight excluding hydrogens is 328 g/mol. The first-order valence-electron chi connectivity index (χ1n) is 8.82. The number of aromatic nitrogens is 2. The van der Waals surface area contributed by atoms with Crippen LogP contribution in [0.15, 0.2) is 0 Å². The fraction of sp³-hybridized carbons (Fsp3) is 0.706. The van der Waals surface area contributed by atoms with Crippen LogP contribution < -0.4 is 16.0 Å². The molecule has 0 aromatic carbocycles. The molecule has 1 aromatic rings. The minimum atomic E-state index is -2.63. The molecule has 2 fully saturated rings. The van der Waals surface area contributed by atoms with E-state index in [2.05, 4.69) is 15.3 Å². The van der Waals surface area contributed by atoms with Crippen LogP contribution >= 0.6 is 0 Å². The van der Waals surface area contributed by atoms with Gasteiger partial charge in [0.1, 0.15) is 5.82 Å². The van der Waals surface area contributed by atoms with Crippen molar-refractivity contribution in [3.8, 4) is 0 Å². The number of carbonyl (C=O) groups is 1. The predicted molar refractivity (Wildman–Crippen MR) is 91.0 cm³/mol. The third kappa shape index (κ3) is 3.73. The monoisotopic (exact) mass is 353 g/mol. The smallest absolute Gasteiger partial charge is 0.286 e. The molecule has 25 heavy (non-hydrogen) atoms. The van der Waals surface area contributed by atoms with Crippen LogP contribution in [0.4, 0.5) is 14.6 Å². The van der Waals surface area contributed by atoms with E-state index in [-0.39, 0.29) is 18.3 Å². The van der Waals surface area contributed by atoms with Gasteiger partial charge in [-0.05, 0) is 33.1 Å². The molecule has 6 nitrogen and oxygen atoms in total. The number of carbonyl (C=O) groups excluding carboxylic acids is 1. The quantitative estimate of drug-likeness (QED) is 0.864. The van der Waals surface area contributed by atoms with Crippen LogP contribution in [0.5, 0.6) is 0 Å². The van der Waals surface area contributed by atoms with Crippen molar-refractivity contribution in [3.63, 3.8) is 0 Å². The third-order valence-electron chi connectivity index (χ3n) is 5.27. The SMILES string of the molecule is Cc1nc(C(N)=O)nc(N2CC[C@@H](NC3CCCCC3(F)F)C2)c1C. The van der Waals surface area contributed by atoms with Crippen molar-refractivity contribution < 1.29 is 13.6 Å². The molecule has 1 aliphatic carbocycles. The minimum absolute atomic E-state index is 0.00618. The van der Waals surface area contributed by atoms with Gasteiger partial charge in [0.2, 0.25) is 5.82 Å². The van der Waals surface area contributed by atoms with E-state index in [1.807, 2.05) is 11.8 Å². The van der Waals surface area contributed by atoms with Gasteiger partial charge in [0.05, 0.1) is 6.04 Å². The maximum absolute atomic E-state index is 14.1. The number of rotatable bonds is 4. The number of hydrogen-bond acceptors (Lipinski definition) is 5. The average molecular weight is 353 g/mol. The molecule has 1 amide bonds. The maximum Gasteiger partial charge on any atom is 0.286 e. The van der Waals surface area contributed by atoms with E-state index in [4.69, 9.17) is 5.73 Å². The first kappa shape index (κ1) is 18.0. The summed E-state index contributed by atoms with van der Waals surface area (Å²) in [7, 11) is 0. The van der Waals surface area contributed by atoms with Crippen molar-refractivity contribution in [2.24, 2.45) is 5.73 Å². The van der Waals surface area contributed by atoms with Gasteiger partial charge in [0.15, 0.2) is 0 Å². The van der Waals surface area contributed by atoms with Crippen LogP contribution in [-0.2, 0) is 0 Å². The Hall–Kier alpha value is -1.83. The molecule has 2 atom stereocenters. The number of nitrogens with two attached hydrogens (primary N) is 1. The van der Waals surface area contributed by atoms with Crippen LogP contribution in [0, 0.1) is 13.8 Å². The first-order chi connectivity index (χ1) is 11.8. The summed E-state index contributed by atoms with van der Waals surface area (Å²) in [6.07, 6.45) is 2.68. The van der Waals surface area contributed by atoms with Gasteiger partial charge in [0, 0.05) is 36.8 Å². The number of primary amides is 1. The van der Waals surface area contributed by atoms with Crippen molar-refractivity contribution in [2.75, 3.05) is 18.0 Å². The highest BCUT2D eigenvalue weighted by Crippen LogP contribution is 2.34. The zero-order valence-electron chi connectivity index (χ0n) is 14.7. The number of anilines is 1. The lowest BCUT2D eigenvalue weighted by Crippen LogP contribution is -2.51. The third-order valence-corrected chi connectivity index (χ3v) is 5.27. The molecule has 138 valence electrons. The van der Waals surface area contributed by atoms with Gasteiger partial charge in [0.25, 0.3) is 11.8 Å². The lowest BCUT2D eigenvalue weighted by molar-refractivity contribution is -0.0661. The van der Waals surface area contributed by atoms with E-state index in [9.17, 15) is 13.6 Å². The highest BCUT2D eigenvalue weighted by Gasteiger charge is 2.43. The second-order valence-electron chi connectivity index (χ2n) is 7.10. The molecule has 0 radical (unpaired) electrons. The molecule has 1 aliphatic heterocycles. The number of hydrogen-bond donors (Lipinski definition) is 2. The van der Waals surface area contributed by atoms with Crippen molar-refractivity contribution >= 4 is 11.7 Å². The van der Waals surface area contributed by atoms with Crippen LogP contribution in [-0.4, -0.2) is 47.0 Å². The number of amides is 1. The fourth-order valence-corrected chi connectivity index (χ4v) is 3.70. The lowest BCUT2D eigenvalue weighted by atomic mass is 9.91. The van der Waals surface area contributed by atoms with E-state index in [0.29, 0.717) is 37.4 Å². The molecule has 8 heteroatoms. The number of halogens is 2. The largest absolute Gasteiger partial charge is 0.363 e. The summed E-state index contributed by atoms with van der Waals surface area (Å²) < 4.78 is 28.1. The highest BCUT2D eigenvalue weighted by molar-refractivity contribution is 5.89. The Morgan fingerprint density at radius 3 is 2.72 bits per heavy atom. The molecule has 1 saturated heterocycles. The topological polar surface area (TPSA) is 84.1 Å². The number of nitrogens with one attached hydrogen (secondary N) is 1.